The molecular formula is C28H28N2O4S. The number of carbonyl (C=O) groups excluding carboxylic acids is 1. The zero-order valence-electron chi connectivity index (χ0n) is 20.2. The summed E-state index contributed by atoms with van der Waals surface area (Å²) in [5.74, 6) is -0.228. The number of methoxy groups -OCH3 is 1. The Morgan fingerprint density at radius 1 is 0.886 bits per heavy atom. The first-order valence-corrected chi connectivity index (χ1v) is 12.7. The van der Waals surface area contributed by atoms with Gasteiger partial charge in [-0.15, -0.1) is 0 Å². The summed E-state index contributed by atoms with van der Waals surface area (Å²) >= 11 is 0. The van der Waals surface area contributed by atoms with Crippen LogP contribution in [0.2, 0.25) is 0 Å². The van der Waals surface area contributed by atoms with E-state index in [-0.39, 0.29) is 10.6 Å². The van der Waals surface area contributed by atoms with Crippen molar-refractivity contribution in [1.29, 1.82) is 0 Å². The first kappa shape index (κ1) is 24.3. The summed E-state index contributed by atoms with van der Waals surface area (Å²) in [6.45, 7) is 5.28. The summed E-state index contributed by atoms with van der Waals surface area (Å²) in [6.07, 6.45) is 0. The van der Waals surface area contributed by atoms with E-state index < -0.39 is 22.5 Å². The van der Waals surface area contributed by atoms with Crippen LogP contribution >= 0.6 is 0 Å². The number of amides is 1. The molecule has 0 atom stereocenters. The summed E-state index contributed by atoms with van der Waals surface area (Å²) in [5, 5.41) is 4.76. The van der Waals surface area contributed by atoms with Gasteiger partial charge in [0.05, 0.1) is 12.8 Å². The molecular weight excluding hydrogens is 460 g/mol. The lowest BCUT2D eigenvalue weighted by Crippen LogP contribution is -2.38. The Hall–Kier alpha value is -3.84. The summed E-state index contributed by atoms with van der Waals surface area (Å²) in [4.78, 5) is 13.3. The van der Waals surface area contributed by atoms with Crippen LogP contribution in [-0.2, 0) is 14.8 Å². The molecule has 180 valence electrons. The minimum absolute atomic E-state index is 0.0104. The maximum Gasteiger partial charge on any atom is 0.268 e. The van der Waals surface area contributed by atoms with Crippen LogP contribution in [0.1, 0.15) is 16.7 Å². The van der Waals surface area contributed by atoms with Crippen LogP contribution in [0.4, 0.5) is 11.4 Å². The Kier molecular flexibility index (Phi) is 6.80. The first-order valence-electron chi connectivity index (χ1n) is 11.2. The predicted molar refractivity (Wildman–Crippen MR) is 141 cm³/mol. The van der Waals surface area contributed by atoms with E-state index in [0.717, 1.165) is 31.8 Å². The molecule has 4 aromatic rings. The van der Waals surface area contributed by atoms with Crippen molar-refractivity contribution in [3.63, 3.8) is 0 Å². The zero-order valence-corrected chi connectivity index (χ0v) is 21.0. The number of hydrogen-bond acceptors (Lipinski definition) is 4. The number of sulfonamides is 1. The molecule has 0 unspecified atom stereocenters. The van der Waals surface area contributed by atoms with Gasteiger partial charge in [-0.2, -0.15) is 0 Å². The zero-order chi connectivity index (χ0) is 25.2. The topological polar surface area (TPSA) is 75.7 Å². The fourth-order valence-corrected chi connectivity index (χ4v) is 5.61. The van der Waals surface area contributed by atoms with Crippen molar-refractivity contribution in [2.45, 2.75) is 25.7 Å². The standard InChI is InChI=1S/C28H28N2O4S/c1-19-12-15-26(34-4)27(16-19)35(32,33)30(23-14-13-20(2)21(3)17-23)18-28(31)29-25-11-7-9-22-8-5-6-10-24(22)25/h5-17H,18H2,1-4H3,(H,29,31). The van der Waals surface area contributed by atoms with Gasteiger partial charge in [0.2, 0.25) is 5.91 Å². The quantitative estimate of drug-likeness (QED) is 0.367. The molecule has 0 heterocycles. The molecule has 35 heavy (non-hydrogen) atoms. The molecule has 0 radical (unpaired) electrons. The van der Waals surface area contributed by atoms with E-state index in [1.54, 1.807) is 36.4 Å². The van der Waals surface area contributed by atoms with E-state index >= 15 is 0 Å². The molecule has 4 rings (SSSR count). The number of anilines is 2. The maximum absolute atomic E-state index is 13.9. The molecule has 0 saturated carbocycles. The van der Waals surface area contributed by atoms with Crippen molar-refractivity contribution in [3.8, 4) is 5.75 Å². The number of nitrogens with zero attached hydrogens (tertiary/aromatic N) is 1. The highest BCUT2D eigenvalue weighted by molar-refractivity contribution is 7.93. The number of rotatable bonds is 7. The van der Waals surface area contributed by atoms with Crippen molar-refractivity contribution < 1.29 is 17.9 Å². The molecule has 0 aliphatic carbocycles. The second-order valence-corrected chi connectivity index (χ2v) is 10.3. The Morgan fingerprint density at radius 2 is 1.63 bits per heavy atom. The third-order valence-electron chi connectivity index (χ3n) is 6.02. The molecule has 1 N–H and O–H groups in total. The summed E-state index contributed by atoms with van der Waals surface area (Å²) in [5.41, 5.74) is 3.75. The van der Waals surface area contributed by atoms with Crippen molar-refractivity contribution in [2.75, 3.05) is 23.3 Å². The van der Waals surface area contributed by atoms with Gasteiger partial charge in [-0.1, -0.05) is 48.5 Å². The van der Waals surface area contributed by atoms with Crippen LogP contribution in [-0.4, -0.2) is 28.0 Å². The van der Waals surface area contributed by atoms with Crippen LogP contribution in [0, 0.1) is 20.8 Å². The SMILES string of the molecule is COc1ccc(C)cc1S(=O)(=O)N(CC(=O)Nc1cccc2ccccc12)c1ccc(C)c(C)c1. The molecule has 0 bridgehead atoms. The van der Waals surface area contributed by atoms with E-state index in [1.807, 2.05) is 63.2 Å². The van der Waals surface area contributed by atoms with Gasteiger partial charge in [0.25, 0.3) is 10.0 Å². The van der Waals surface area contributed by atoms with Crippen molar-refractivity contribution in [2.24, 2.45) is 0 Å². The fraction of sp³-hybridized carbons (Fsp3) is 0.179. The van der Waals surface area contributed by atoms with Gasteiger partial charge in [-0.05, 0) is 73.2 Å². The maximum atomic E-state index is 13.9. The number of aryl methyl sites for hydroxylation is 3. The van der Waals surface area contributed by atoms with E-state index in [1.165, 1.54) is 7.11 Å². The molecule has 4 aromatic carbocycles. The highest BCUT2D eigenvalue weighted by atomic mass is 32.2. The van der Waals surface area contributed by atoms with Gasteiger partial charge in [-0.3, -0.25) is 9.10 Å². The number of hydrogen-bond donors (Lipinski definition) is 1. The van der Waals surface area contributed by atoms with Gasteiger partial charge < -0.3 is 10.1 Å². The Morgan fingerprint density at radius 3 is 2.37 bits per heavy atom. The minimum atomic E-state index is -4.13. The van der Waals surface area contributed by atoms with Crippen LogP contribution in [0.15, 0.2) is 83.8 Å². The largest absolute Gasteiger partial charge is 0.495 e. The predicted octanol–water partition coefficient (Wildman–Crippen LogP) is 5.61. The third kappa shape index (κ3) is 5.00. The molecule has 0 aromatic heterocycles. The molecule has 0 aliphatic rings. The molecule has 0 spiro atoms. The normalized spacial score (nSPS) is 11.3. The van der Waals surface area contributed by atoms with Gasteiger partial charge in [0.1, 0.15) is 17.2 Å². The summed E-state index contributed by atoms with van der Waals surface area (Å²) in [7, 11) is -2.70. The first-order chi connectivity index (χ1) is 16.7. The van der Waals surface area contributed by atoms with Crippen LogP contribution in [0.5, 0.6) is 5.75 Å². The fourth-order valence-electron chi connectivity index (χ4n) is 3.95. The molecule has 0 fully saturated rings. The van der Waals surface area contributed by atoms with Crippen LogP contribution < -0.4 is 14.4 Å². The third-order valence-corrected chi connectivity index (χ3v) is 7.81. The second kappa shape index (κ2) is 9.80. The molecule has 7 heteroatoms. The average molecular weight is 489 g/mol. The number of benzene rings is 4. The lowest BCUT2D eigenvalue weighted by Gasteiger charge is -2.26. The molecule has 1 amide bonds. The van der Waals surface area contributed by atoms with E-state index in [4.69, 9.17) is 4.74 Å². The summed E-state index contributed by atoms with van der Waals surface area (Å²) < 4.78 is 34.3. The lowest BCUT2D eigenvalue weighted by molar-refractivity contribution is -0.114. The van der Waals surface area contributed by atoms with Crippen molar-refractivity contribution in [1.82, 2.24) is 0 Å². The highest BCUT2D eigenvalue weighted by Gasteiger charge is 2.30. The average Bonchev–Trinajstić information content (AvgIpc) is 2.84. The van der Waals surface area contributed by atoms with Crippen LogP contribution in [0.3, 0.4) is 0 Å². The highest BCUT2D eigenvalue weighted by Crippen LogP contribution is 2.32. The Balaban J connectivity index is 1.76. The monoisotopic (exact) mass is 488 g/mol. The van der Waals surface area contributed by atoms with Crippen molar-refractivity contribution in [3.05, 3.63) is 95.6 Å². The summed E-state index contributed by atoms with van der Waals surface area (Å²) in [6, 6.07) is 23.6. The Bertz CT molecular complexity index is 1510. The van der Waals surface area contributed by atoms with Gasteiger partial charge in [0, 0.05) is 11.1 Å². The number of carbonyl (C=O) groups is 1. The van der Waals surface area contributed by atoms with E-state index in [9.17, 15) is 13.2 Å². The number of fused-ring (bicyclic) bond motifs is 1. The smallest absolute Gasteiger partial charge is 0.268 e. The van der Waals surface area contributed by atoms with E-state index in [2.05, 4.69) is 5.32 Å². The van der Waals surface area contributed by atoms with Crippen molar-refractivity contribution >= 4 is 38.1 Å². The second-order valence-electron chi connectivity index (χ2n) is 8.51. The molecule has 0 saturated heterocycles. The molecule has 6 nitrogen and oxygen atoms in total. The van der Waals surface area contributed by atoms with Gasteiger partial charge in [0.15, 0.2) is 0 Å². The lowest BCUT2D eigenvalue weighted by atomic mass is 10.1. The number of nitrogens with one attached hydrogen (secondary N) is 1. The van der Waals surface area contributed by atoms with Crippen LogP contribution in [0.25, 0.3) is 10.8 Å². The van der Waals surface area contributed by atoms with Gasteiger partial charge in [-0.25, -0.2) is 8.42 Å². The minimum Gasteiger partial charge on any atom is -0.495 e. The Labute approximate surface area is 206 Å². The number of ether oxygens (including phenoxy) is 1. The van der Waals surface area contributed by atoms with E-state index in [0.29, 0.717) is 11.4 Å². The van der Waals surface area contributed by atoms with Gasteiger partial charge >= 0.3 is 0 Å². The molecule has 0 aliphatic heterocycles.